The summed E-state index contributed by atoms with van der Waals surface area (Å²) in [5, 5.41) is 9.88. The van der Waals surface area contributed by atoms with Gasteiger partial charge in [0, 0.05) is 38.8 Å². The van der Waals surface area contributed by atoms with Gasteiger partial charge in [-0.1, -0.05) is 18.6 Å². The fraction of sp³-hybridized carbons (Fsp3) is 0.520. The van der Waals surface area contributed by atoms with Crippen LogP contribution in [0.2, 0.25) is 0 Å². The van der Waals surface area contributed by atoms with E-state index in [9.17, 15) is 18.8 Å². The fourth-order valence-corrected chi connectivity index (χ4v) is 4.52. The first-order chi connectivity index (χ1) is 16.9. The van der Waals surface area contributed by atoms with Gasteiger partial charge in [-0.3, -0.25) is 19.1 Å². The minimum atomic E-state index is -0.726. The molecule has 2 aromatic rings. The number of aromatic nitrogens is 2. The first kappa shape index (κ1) is 24.8. The van der Waals surface area contributed by atoms with E-state index in [2.05, 4.69) is 20.6 Å². The zero-order valence-electron chi connectivity index (χ0n) is 20.1. The third kappa shape index (κ3) is 6.45. The summed E-state index contributed by atoms with van der Waals surface area (Å²) in [6, 6.07) is 6.80. The van der Waals surface area contributed by atoms with Gasteiger partial charge >= 0.3 is 0 Å². The van der Waals surface area contributed by atoms with Crippen LogP contribution in [0.1, 0.15) is 59.1 Å². The number of carbonyl (C=O) groups excluding carboxylic acids is 3. The zero-order valence-corrected chi connectivity index (χ0v) is 20.1. The topological polar surface area (TPSA) is 99.6 Å². The van der Waals surface area contributed by atoms with Crippen LogP contribution in [0.3, 0.4) is 0 Å². The second kappa shape index (κ2) is 11.4. The van der Waals surface area contributed by atoms with Crippen molar-refractivity contribution < 1.29 is 18.8 Å². The molecule has 3 amide bonds. The van der Waals surface area contributed by atoms with Crippen LogP contribution in [0.15, 0.2) is 30.3 Å². The first-order valence-electron chi connectivity index (χ1n) is 12.3. The Balaban J connectivity index is 1.32. The standard InChI is InChI=1S/C25H33FN6O3/c1-18(23(33)27-10-15-30-11-3-2-4-12-30)28-24(34)21-16-22-25(35)31(13-5-14-32(22)29-21)17-19-6-8-20(26)9-7-19/h6-9,16,18H,2-5,10-15,17H2,1H3,(H,27,33)(H,28,34)/t18-/m1/s1. The van der Waals surface area contributed by atoms with Crippen molar-refractivity contribution in [2.24, 2.45) is 0 Å². The SMILES string of the molecule is C[C@@H](NC(=O)c1cc2n(n1)CCCN(Cc1ccc(F)cc1)C2=O)C(=O)NCCN1CCCCC1. The Morgan fingerprint density at radius 1 is 1.06 bits per heavy atom. The molecular weight excluding hydrogens is 451 g/mol. The molecule has 0 spiro atoms. The largest absolute Gasteiger partial charge is 0.353 e. The van der Waals surface area contributed by atoms with Gasteiger partial charge in [0.15, 0.2) is 5.69 Å². The molecule has 4 rings (SSSR count). The van der Waals surface area contributed by atoms with Gasteiger partial charge in [-0.25, -0.2) is 4.39 Å². The van der Waals surface area contributed by atoms with E-state index < -0.39 is 11.9 Å². The van der Waals surface area contributed by atoms with Gasteiger partial charge < -0.3 is 20.4 Å². The average Bonchev–Trinajstić information content (AvgIpc) is 3.23. The molecule has 1 aromatic carbocycles. The number of benzene rings is 1. The van der Waals surface area contributed by atoms with E-state index in [4.69, 9.17) is 0 Å². The number of fused-ring (bicyclic) bond motifs is 1. The molecule has 1 aromatic heterocycles. The highest BCUT2D eigenvalue weighted by molar-refractivity contribution is 5.99. The lowest BCUT2D eigenvalue weighted by Gasteiger charge is -2.26. The highest BCUT2D eigenvalue weighted by atomic mass is 19.1. The summed E-state index contributed by atoms with van der Waals surface area (Å²) >= 11 is 0. The van der Waals surface area contributed by atoms with Gasteiger partial charge in [-0.15, -0.1) is 0 Å². The Kier molecular flexibility index (Phi) is 8.12. The summed E-state index contributed by atoms with van der Waals surface area (Å²) in [7, 11) is 0. The number of carbonyl (C=O) groups is 3. The summed E-state index contributed by atoms with van der Waals surface area (Å²) in [6.45, 7) is 6.48. The number of nitrogens with one attached hydrogen (secondary N) is 2. The maximum atomic E-state index is 13.2. The fourth-order valence-electron chi connectivity index (χ4n) is 4.52. The monoisotopic (exact) mass is 484 g/mol. The lowest BCUT2D eigenvalue weighted by molar-refractivity contribution is -0.122. The second-order valence-electron chi connectivity index (χ2n) is 9.23. The molecule has 0 bridgehead atoms. The van der Waals surface area contributed by atoms with Gasteiger partial charge in [0.1, 0.15) is 17.6 Å². The molecule has 1 saturated heterocycles. The summed E-state index contributed by atoms with van der Waals surface area (Å²) in [6.07, 6.45) is 4.34. The molecule has 10 heteroatoms. The Labute approximate surface area is 204 Å². The Bertz CT molecular complexity index is 1050. The van der Waals surface area contributed by atoms with Crippen LogP contribution >= 0.6 is 0 Å². The van der Waals surface area contributed by atoms with Crippen molar-refractivity contribution in [2.45, 2.75) is 51.7 Å². The predicted molar refractivity (Wildman–Crippen MR) is 128 cm³/mol. The summed E-state index contributed by atoms with van der Waals surface area (Å²) < 4.78 is 14.8. The highest BCUT2D eigenvalue weighted by Crippen LogP contribution is 2.17. The molecule has 0 unspecified atom stereocenters. The molecule has 188 valence electrons. The van der Waals surface area contributed by atoms with E-state index in [-0.39, 0.29) is 23.3 Å². The van der Waals surface area contributed by atoms with Gasteiger partial charge in [-0.2, -0.15) is 5.10 Å². The summed E-state index contributed by atoms with van der Waals surface area (Å²) in [5.41, 5.74) is 1.25. The van der Waals surface area contributed by atoms with Crippen molar-refractivity contribution >= 4 is 17.7 Å². The van der Waals surface area contributed by atoms with Crippen LogP contribution in [0.4, 0.5) is 4.39 Å². The number of piperidine rings is 1. The third-order valence-corrected chi connectivity index (χ3v) is 6.52. The number of halogens is 1. The zero-order chi connectivity index (χ0) is 24.8. The maximum absolute atomic E-state index is 13.2. The molecule has 2 aliphatic heterocycles. The second-order valence-corrected chi connectivity index (χ2v) is 9.23. The Hall–Kier alpha value is -3.27. The molecule has 0 aliphatic carbocycles. The molecule has 0 saturated carbocycles. The predicted octanol–water partition coefficient (Wildman–Crippen LogP) is 1.79. The molecule has 1 atom stereocenters. The normalized spacial score (nSPS) is 17.4. The van der Waals surface area contributed by atoms with Crippen molar-refractivity contribution in [3.05, 3.63) is 53.1 Å². The Morgan fingerprint density at radius 2 is 1.80 bits per heavy atom. The van der Waals surface area contributed by atoms with Crippen LogP contribution in [-0.2, 0) is 17.9 Å². The minimum Gasteiger partial charge on any atom is -0.353 e. The summed E-state index contributed by atoms with van der Waals surface area (Å²) in [4.78, 5) is 42.3. The molecule has 0 radical (unpaired) electrons. The lowest BCUT2D eigenvalue weighted by Crippen LogP contribution is -2.47. The number of rotatable bonds is 8. The Morgan fingerprint density at radius 3 is 2.54 bits per heavy atom. The number of amides is 3. The van der Waals surface area contributed by atoms with Crippen LogP contribution in [0, 0.1) is 5.82 Å². The molecular formula is C25H33FN6O3. The van der Waals surface area contributed by atoms with E-state index >= 15 is 0 Å². The van der Waals surface area contributed by atoms with Crippen molar-refractivity contribution in [2.75, 3.05) is 32.7 Å². The average molecular weight is 485 g/mol. The maximum Gasteiger partial charge on any atom is 0.272 e. The summed E-state index contributed by atoms with van der Waals surface area (Å²) in [5.74, 6) is -1.31. The van der Waals surface area contributed by atoms with Gasteiger partial charge in [-0.05, 0) is 57.0 Å². The van der Waals surface area contributed by atoms with Crippen molar-refractivity contribution in [3.63, 3.8) is 0 Å². The molecule has 3 heterocycles. The number of likely N-dealkylation sites (tertiary alicyclic amines) is 1. The molecule has 35 heavy (non-hydrogen) atoms. The first-order valence-corrected chi connectivity index (χ1v) is 12.3. The molecule has 9 nitrogen and oxygen atoms in total. The third-order valence-electron chi connectivity index (χ3n) is 6.52. The number of hydrogen-bond donors (Lipinski definition) is 2. The molecule has 2 N–H and O–H groups in total. The van der Waals surface area contributed by atoms with E-state index in [1.54, 1.807) is 28.6 Å². The molecule has 2 aliphatic rings. The van der Waals surface area contributed by atoms with Crippen molar-refractivity contribution in [1.29, 1.82) is 0 Å². The number of aryl methyl sites for hydroxylation is 1. The van der Waals surface area contributed by atoms with Gasteiger partial charge in [0.05, 0.1) is 0 Å². The van der Waals surface area contributed by atoms with Gasteiger partial charge in [0.2, 0.25) is 5.91 Å². The van der Waals surface area contributed by atoms with Crippen LogP contribution < -0.4 is 10.6 Å². The van der Waals surface area contributed by atoms with Crippen LogP contribution in [-0.4, -0.2) is 76.1 Å². The minimum absolute atomic E-state index is 0.102. The van der Waals surface area contributed by atoms with E-state index in [1.807, 2.05) is 0 Å². The highest BCUT2D eigenvalue weighted by Gasteiger charge is 2.27. The van der Waals surface area contributed by atoms with Gasteiger partial charge in [0.25, 0.3) is 11.8 Å². The molecule has 1 fully saturated rings. The smallest absolute Gasteiger partial charge is 0.272 e. The van der Waals surface area contributed by atoms with Crippen LogP contribution in [0.25, 0.3) is 0 Å². The van der Waals surface area contributed by atoms with Crippen LogP contribution in [0.5, 0.6) is 0 Å². The lowest BCUT2D eigenvalue weighted by atomic mass is 10.1. The van der Waals surface area contributed by atoms with E-state index in [1.165, 1.54) is 37.5 Å². The van der Waals surface area contributed by atoms with E-state index in [0.717, 1.165) is 25.2 Å². The van der Waals surface area contributed by atoms with Crippen molar-refractivity contribution in [3.8, 4) is 0 Å². The van der Waals surface area contributed by atoms with Crippen molar-refractivity contribution in [1.82, 2.24) is 30.2 Å². The number of nitrogens with zero attached hydrogens (tertiary/aromatic N) is 4. The number of hydrogen-bond acceptors (Lipinski definition) is 5. The van der Waals surface area contributed by atoms with E-state index in [0.29, 0.717) is 38.3 Å². The quantitative estimate of drug-likeness (QED) is 0.595.